The molecule has 0 spiro atoms. The van der Waals surface area contributed by atoms with E-state index in [9.17, 15) is 16.8 Å². The van der Waals surface area contributed by atoms with Crippen LogP contribution in [-0.2, 0) is 33.1 Å². The molecule has 0 unspecified atom stereocenters. The molecule has 0 bridgehead atoms. The highest BCUT2D eigenvalue weighted by molar-refractivity contribution is 9.10. The Morgan fingerprint density at radius 1 is 0.630 bits per heavy atom. The zero-order valence-corrected chi connectivity index (χ0v) is 33.9. The smallest absolute Gasteiger partial charge is 0.423 e. The maximum atomic E-state index is 12.4. The predicted molar refractivity (Wildman–Crippen MR) is 212 cm³/mol. The summed E-state index contributed by atoms with van der Waals surface area (Å²) in [6, 6.07) is 29.0. The molecule has 2 heterocycles. The van der Waals surface area contributed by atoms with Crippen LogP contribution in [0.5, 0.6) is 0 Å². The summed E-state index contributed by atoms with van der Waals surface area (Å²) in [4.78, 5) is 0.567. The number of rotatable bonds is 10. The number of nitrogens with one attached hydrogen (secondary N) is 2. The standard InChI is InChI=1S/C19H20N2O3S.C14H14BrNO2S.C5H8BNO3/c1-13-6-4-9-18(10-13)25(22,23)20-12-16-7-5-8-17(11-16)19-14(2)21-24-15(19)3;1-11-4-2-7-14(8-11)19(17,18)16-10-12-5-3-6-13(15)9-12;1-3-5(6(8)9)4(2)10-7-3/h4-11,20H,12H2,1-3H3;2-9,16H,10H2,1H3;8-9H,1-2H3. The lowest BCUT2D eigenvalue weighted by Crippen LogP contribution is -2.32. The first-order valence-electron chi connectivity index (χ1n) is 16.6. The van der Waals surface area contributed by atoms with Gasteiger partial charge in [0.1, 0.15) is 11.5 Å². The second-order valence-electron chi connectivity index (χ2n) is 12.4. The zero-order chi connectivity index (χ0) is 39.6. The first kappa shape index (κ1) is 42.3. The van der Waals surface area contributed by atoms with Gasteiger partial charge in [0.2, 0.25) is 20.0 Å². The molecule has 16 heteroatoms. The van der Waals surface area contributed by atoms with Gasteiger partial charge in [-0.05, 0) is 112 Å². The topological polar surface area (TPSA) is 185 Å². The summed E-state index contributed by atoms with van der Waals surface area (Å²) in [5.41, 5.74) is 7.21. The Kier molecular flexibility index (Phi) is 14.7. The van der Waals surface area contributed by atoms with Crippen molar-refractivity contribution in [3.63, 3.8) is 0 Å². The van der Waals surface area contributed by atoms with Crippen molar-refractivity contribution in [2.75, 3.05) is 0 Å². The number of sulfonamides is 2. The molecule has 4 aromatic carbocycles. The van der Waals surface area contributed by atoms with E-state index >= 15 is 0 Å². The van der Waals surface area contributed by atoms with Crippen molar-refractivity contribution in [3.8, 4) is 11.1 Å². The molecule has 4 N–H and O–H groups in total. The molecule has 0 saturated heterocycles. The monoisotopic (exact) mass is 836 g/mol. The van der Waals surface area contributed by atoms with Crippen LogP contribution in [0.4, 0.5) is 0 Å². The van der Waals surface area contributed by atoms with Gasteiger partial charge in [-0.15, -0.1) is 0 Å². The van der Waals surface area contributed by atoms with Crippen molar-refractivity contribution in [3.05, 3.63) is 147 Å². The molecule has 0 aliphatic rings. The van der Waals surface area contributed by atoms with Crippen molar-refractivity contribution in [2.24, 2.45) is 0 Å². The number of aryl methyl sites for hydroxylation is 6. The molecule has 0 atom stereocenters. The molecule has 0 saturated carbocycles. The molecule has 6 rings (SSSR count). The van der Waals surface area contributed by atoms with Crippen molar-refractivity contribution < 1.29 is 35.9 Å². The number of benzene rings is 4. The number of aromatic nitrogens is 2. The molecular formula is C38H42BBrN4O8S2. The fraction of sp³-hybridized carbons (Fsp3) is 0.211. The van der Waals surface area contributed by atoms with Crippen LogP contribution in [0.25, 0.3) is 11.1 Å². The fourth-order valence-electron chi connectivity index (χ4n) is 5.33. The Labute approximate surface area is 325 Å². The highest BCUT2D eigenvalue weighted by atomic mass is 79.9. The van der Waals surface area contributed by atoms with E-state index in [1.54, 1.807) is 50.2 Å². The number of halogens is 1. The normalized spacial score (nSPS) is 11.3. The van der Waals surface area contributed by atoms with E-state index in [1.807, 2.05) is 88.4 Å². The quantitative estimate of drug-likeness (QED) is 0.120. The second kappa shape index (κ2) is 18.8. The van der Waals surface area contributed by atoms with Crippen LogP contribution in [0.3, 0.4) is 0 Å². The molecule has 0 aliphatic heterocycles. The molecule has 2 aromatic heterocycles. The molecule has 54 heavy (non-hydrogen) atoms. The van der Waals surface area contributed by atoms with Crippen molar-refractivity contribution in [2.45, 2.75) is 64.4 Å². The largest absolute Gasteiger partial charge is 0.494 e. The lowest BCUT2D eigenvalue weighted by Gasteiger charge is -2.09. The Morgan fingerprint density at radius 3 is 1.54 bits per heavy atom. The van der Waals surface area contributed by atoms with Crippen LogP contribution in [0.2, 0.25) is 0 Å². The average Bonchev–Trinajstić information content (AvgIpc) is 3.65. The summed E-state index contributed by atoms with van der Waals surface area (Å²) < 4.78 is 65.2. The van der Waals surface area contributed by atoms with Crippen molar-refractivity contribution in [1.82, 2.24) is 19.8 Å². The molecule has 12 nitrogen and oxygen atoms in total. The molecule has 6 aromatic rings. The summed E-state index contributed by atoms with van der Waals surface area (Å²) >= 11 is 3.36. The van der Waals surface area contributed by atoms with E-state index in [0.717, 1.165) is 49.3 Å². The lowest BCUT2D eigenvalue weighted by atomic mass is 9.79. The van der Waals surface area contributed by atoms with Gasteiger partial charge in [-0.3, -0.25) is 0 Å². The van der Waals surface area contributed by atoms with Crippen molar-refractivity contribution in [1.29, 1.82) is 0 Å². The zero-order valence-electron chi connectivity index (χ0n) is 30.7. The number of nitrogens with zero attached hydrogens (tertiary/aromatic N) is 2. The summed E-state index contributed by atoms with van der Waals surface area (Å²) in [6.45, 7) is 11.3. The highest BCUT2D eigenvalue weighted by Crippen LogP contribution is 2.27. The van der Waals surface area contributed by atoms with Crippen LogP contribution < -0.4 is 14.9 Å². The predicted octanol–water partition coefficient (Wildman–Crippen LogP) is 5.95. The lowest BCUT2D eigenvalue weighted by molar-refractivity contribution is 0.392. The fourth-order valence-corrected chi connectivity index (χ4v) is 8.02. The van der Waals surface area contributed by atoms with Gasteiger partial charge in [0.15, 0.2) is 0 Å². The van der Waals surface area contributed by atoms with E-state index in [2.05, 4.69) is 40.2 Å². The summed E-state index contributed by atoms with van der Waals surface area (Å²) in [6.07, 6.45) is 0. The van der Waals surface area contributed by atoms with Crippen molar-refractivity contribution >= 4 is 48.6 Å². The van der Waals surface area contributed by atoms with Gasteiger partial charge in [0.25, 0.3) is 0 Å². The van der Waals surface area contributed by atoms with Gasteiger partial charge < -0.3 is 19.1 Å². The molecule has 0 aliphatic carbocycles. The summed E-state index contributed by atoms with van der Waals surface area (Å²) in [7, 11) is -8.48. The Hall–Kier alpha value is -4.42. The van der Waals surface area contributed by atoms with Crippen LogP contribution in [0.1, 0.15) is 45.2 Å². The molecule has 0 amide bonds. The van der Waals surface area contributed by atoms with Crippen LogP contribution in [-0.4, -0.2) is 44.3 Å². The van der Waals surface area contributed by atoms with Crippen LogP contribution >= 0.6 is 15.9 Å². The minimum Gasteiger partial charge on any atom is -0.423 e. The Morgan fingerprint density at radius 2 is 1.11 bits per heavy atom. The maximum Gasteiger partial charge on any atom is 0.494 e. The third-order valence-electron chi connectivity index (χ3n) is 8.02. The van der Waals surface area contributed by atoms with E-state index < -0.39 is 27.2 Å². The molecule has 0 radical (unpaired) electrons. The van der Waals surface area contributed by atoms with Gasteiger partial charge in [-0.1, -0.05) is 80.8 Å². The van der Waals surface area contributed by atoms with Gasteiger partial charge in [-0.2, -0.15) is 0 Å². The summed E-state index contributed by atoms with van der Waals surface area (Å²) in [5, 5.41) is 25.0. The third kappa shape index (κ3) is 11.8. The van der Waals surface area contributed by atoms with E-state index in [1.165, 1.54) is 0 Å². The minimum atomic E-state index is -3.54. The van der Waals surface area contributed by atoms with Crippen LogP contribution in [0.15, 0.2) is 120 Å². The number of hydrogen-bond donors (Lipinski definition) is 4. The highest BCUT2D eigenvalue weighted by Gasteiger charge is 2.21. The summed E-state index contributed by atoms with van der Waals surface area (Å²) in [5.74, 6) is 1.20. The Balaban J connectivity index is 0.000000197. The van der Waals surface area contributed by atoms with Crippen LogP contribution in [0, 0.1) is 41.5 Å². The SMILES string of the molecule is Cc1cccc(S(=O)(=O)NCc2cccc(-c3c(C)noc3C)c2)c1.Cc1cccc(S(=O)(=O)NCc2cccc(Br)c2)c1.Cc1noc(C)c1B(O)O. The average molecular weight is 838 g/mol. The van der Waals surface area contributed by atoms with E-state index in [4.69, 9.17) is 14.6 Å². The molecular weight excluding hydrogens is 795 g/mol. The Bertz CT molecular complexity index is 2380. The molecule has 284 valence electrons. The number of hydrogen-bond acceptors (Lipinski definition) is 10. The first-order chi connectivity index (χ1) is 25.5. The van der Waals surface area contributed by atoms with Gasteiger partial charge in [0, 0.05) is 28.6 Å². The van der Waals surface area contributed by atoms with E-state index in [0.29, 0.717) is 21.8 Å². The van der Waals surface area contributed by atoms with Gasteiger partial charge in [-0.25, -0.2) is 26.3 Å². The third-order valence-corrected chi connectivity index (χ3v) is 11.3. The first-order valence-corrected chi connectivity index (χ1v) is 20.4. The van der Waals surface area contributed by atoms with Gasteiger partial charge in [0.05, 0.1) is 21.2 Å². The van der Waals surface area contributed by atoms with Gasteiger partial charge >= 0.3 is 7.12 Å². The second-order valence-corrected chi connectivity index (χ2v) is 16.9. The molecule has 0 fully saturated rings. The maximum absolute atomic E-state index is 12.4. The minimum absolute atomic E-state index is 0.216. The van der Waals surface area contributed by atoms with E-state index in [-0.39, 0.29) is 18.0 Å².